The molecule has 0 heterocycles. The molecule has 0 amide bonds. The van der Waals surface area contributed by atoms with E-state index >= 15 is 0 Å². The smallest absolute Gasteiger partial charge is 0.0681 e. The molecular weight excluding hydrogens is 617 g/mol. The van der Waals surface area contributed by atoms with Gasteiger partial charge in [-0.05, 0) is 64.4 Å². The van der Waals surface area contributed by atoms with Gasteiger partial charge in [-0.15, -0.1) is 0 Å². The average molecular weight is 685 g/mol. The molecule has 4 rings (SSSR count). The van der Waals surface area contributed by atoms with Crippen LogP contribution in [-0.2, 0) is 0 Å². The fourth-order valence-electron chi connectivity index (χ4n) is 10.4. The second-order valence-electron chi connectivity index (χ2n) is 19.2. The van der Waals surface area contributed by atoms with E-state index in [1.54, 1.807) is 38.5 Å². The minimum Gasteiger partial charge on any atom is -0.165 e. The van der Waals surface area contributed by atoms with Gasteiger partial charge in [-0.25, -0.2) is 0 Å². The van der Waals surface area contributed by atoms with Crippen LogP contribution in [0, 0.1) is 17.8 Å². The first kappa shape index (κ1) is 35.6. The summed E-state index contributed by atoms with van der Waals surface area (Å²) in [6.45, 7) is 43.8. The fraction of sp³-hybridized carbons (Fsp3) is 1.00. The third kappa shape index (κ3) is 8.63. The van der Waals surface area contributed by atoms with E-state index in [2.05, 4.69) is 117 Å². The van der Waals surface area contributed by atoms with E-state index in [9.17, 15) is 0 Å². The van der Waals surface area contributed by atoms with Gasteiger partial charge in [-0.2, -0.15) is 11.2 Å². The van der Waals surface area contributed by atoms with Gasteiger partial charge in [0.05, 0.1) is 16.6 Å². The first-order valence-corrected chi connectivity index (χ1v) is 41.2. The second-order valence-corrected chi connectivity index (χ2v) is 66.1. The fourth-order valence-corrected chi connectivity index (χ4v) is 121. The van der Waals surface area contributed by atoms with Crippen LogP contribution in [0.25, 0.3) is 0 Å². The Morgan fingerprint density at radius 3 is 1.23 bits per heavy atom. The van der Waals surface area contributed by atoms with E-state index in [1.165, 1.54) is 12.9 Å². The van der Waals surface area contributed by atoms with Gasteiger partial charge >= 0.3 is 0 Å². The summed E-state index contributed by atoms with van der Waals surface area (Å²) < 4.78 is 0.710. The lowest BCUT2D eigenvalue weighted by atomic mass is 9.56. The van der Waals surface area contributed by atoms with E-state index in [0.717, 1.165) is 33.6 Å². The van der Waals surface area contributed by atoms with E-state index in [0.29, 0.717) is 4.75 Å². The summed E-state index contributed by atoms with van der Waals surface area (Å²) >= 11 is 2.84. The summed E-state index contributed by atoms with van der Waals surface area (Å²) in [6, 6.07) is 0. The molecule has 0 atom stereocenters. The molecule has 0 unspecified atom stereocenters. The van der Waals surface area contributed by atoms with Crippen molar-refractivity contribution in [2.45, 2.75) is 170 Å². The lowest BCUT2D eigenvalue weighted by molar-refractivity contribution is 0.0389. The molecule has 0 aromatic carbocycles. The molecule has 0 saturated heterocycles. The lowest BCUT2D eigenvalue weighted by Crippen LogP contribution is -2.60. The molecule has 4 fully saturated rings. The summed E-state index contributed by atoms with van der Waals surface area (Å²) in [5.41, 5.74) is 1.93. The maximum atomic E-state index is 2.84. The molecule has 0 spiro atoms. The van der Waals surface area contributed by atoms with Gasteiger partial charge in [-0.3, -0.25) is 0 Å². The molecule has 39 heavy (non-hydrogen) atoms. The van der Waals surface area contributed by atoms with Gasteiger partial charge in [0.2, 0.25) is 0 Å². The lowest BCUT2D eigenvalue weighted by Gasteiger charge is -2.57. The Labute approximate surface area is 261 Å². The van der Waals surface area contributed by atoms with Gasteiger partial charge in [0.1, 0.15) is 0 Å². The molecule has 225 valence electrons. The quantitative estimate of drug-likeness (QED) is 0.185. The minimum absolute atomic E-state index is 0.364. The Kier molecular flexibility index (Phi) is 11.4. The van der Waals surface area contributed by atoms with Crippen LogP contribution in [0.3, 0.4) is 0 Å². The van der Waals surface area contributed by atoms with Crippen LogP contribution in [0.5, 0.6) is 0 Å². The number of hydrogen-bond acceptors (Lipinski definition) is 1. The Morgan fingerprint density at radius 1 is 0.590 bits per heavy atom. The van der Waals surface area contributed by atoms with Gasteiger partial charge in [0.15, 0.2) is 0 Å². The summed E-state index contributed by atoms with van der Waals surface area (Å²) in [5, 5.41) is 0. The highest BCUT2D eigenvalue weighted by molar-refractivity contribution is 8.33. The third-order valence-electron chi connectivity index (χ3n) is 10.2. The summed E-state index contributed by atoms with van der Waals surface area (Å²) in [4.78, 5) is 2.34. The Morgan fingerprint density at radius 2 is 0.949 bits per heavy atom. The molecule has 4 saturated carbocycles. The molecule has 0 aliphatic heterocycles. The van der Waals surface area contributed by atoms with Gasteiger partial charge in [0.25, 0.3) is 0 Å². The normalized spacial score (nSPS) is 28.9. The predicted octanol–water partition coefficient (Wildman–Crippen LogP) is 10.5. The summed E-state index contributed by atoms with van der Waals surface area (Å²) in [7, 11) is -4.25. The molecule has 3 radical (unpaired) electrons. The van der Waals surface area contributed by atoms with Crippen molar-refractivity contribution in [1.29, 1.82) is 0 Å². The molecule has 4 bridgehead atoms. The molecule has 4 aliphatic rings. The highest BCUT2D eigenvalue weighted by Crippen LogP contribution is 2.61. The first-order chi connectivity index (χ1) is 17.4. The monoisotopic (exact) mass is 683 g/mol. The van der Waals surface area contributed by atoms with E-state index < -0.39 is 38.9 Å². The molecule has 9 heteroatoms. The highest BCUT2D eigenvalue weighted by atomic mass is 32.4. The Hall–Kier alpha value is 2.09. The maximum Gasteiger partial charge on any atom is 0.0681 e. The van der Waals surface area contributed by atoms with Crippen molar-refractivity contribution in [2.75, 3.05) is 0 Å². The highest BCUT2D eigenvalue weighted by Gasteiger charge is 2.54. The van der Waals surface area contributed by atoms with Crippen molar-refractivity contribution >= 4 is 74.8 Å². The Bertz CT molecular complexity index is 808. The van der Waals surface area contributed by atoms with Crippen molar-refractivity contribution in [3.05, 3.63) is 0 Å². The van der Waals surface area contributed by atoms with Crippen molar-refractivity contribution < 1.29 is 0 Å². The molecule has 0 nitrogen and oxygen atoms in total. The van der Waals surface area contributed by atoms with Crippen LogP contribution in [0.2, 0.25) is 99.2 Å². The van der Waals surface area contributed by atoms with Crippen LogP contribution in [0.4, 0.5) is 0 Å². The standard InChI is InChI=1S/C30H67SSi8/c1-23(2)33(28(36(5,6)7)37(8,9)10)32-35(34(24(3)4)29(38(11,12)13)39(14,15)16)31-30-20-25-17-26(21-30)19-27(18-25)22-30/h23-29H,17-22H2,1-16H3. The van der Waals surface area contributed by atoms with E-state index in [4.69, 9.17) is 0 Å². The van der Waals surface area contributed by atoms with Crippen LogP contribution in [0.15, 0.2) is 0 Å². The zero-order valence-electron chi connectivity index (χ0n) is 29.2. The second kappa shape index (κ2) is 12.5. The Balaban J connectivity index is 2.23. The van der Waals surface area contributed by atoms with Crippen molar-refractivity contribution in [1.82, 2.24) is 0 Å². The van der Waals surface area contributed by atoms with Crippen molar-refractivity contribution in [2.24, 2.45) is 17.8 Å². The van der Waals surface area contributed by atoms with Gasteiger partial charge < -0.3 is 0 Å². The van der Waals surface area contributed by atoms with Crippen LogP contribution in [0.1, 0.15) is 66.2 Å². The van der Waals surface area contributed by atoms with E-state index in [1.807, 2.05) is 0 Å². The van der Waals surface area contributed by atoms with Crippen LogP contribution < -0.4 is 0 Å². The maximum absolute atomic E-state index is 2.84. The summed E-state index contributed by atoms with van der Waals surface area (Å²) in [6.07, 6.45) is 9.67. The van der Waals surface area contributed by atoms with E-state index in [-0.39, 0.29) is 16.6 Å². The van der Waals surface area contributed by atoms with Gasteiger partial charge in [0, 0.05) is 43.6 Å². The zero-order chi connectivity index (χ0) is 29.9. The third-order valence-corrected chi connectivity index (χ3v) is 78.5. The average Bonchev–Trinajstić information content (AvgIpc) is 2.65. The zero-order valence-corrected chi connectivity index (χ0v) is 38.0. The predicted molar refractivity (Wildman–Crippen MR) is 203 cm³/mol. The van der Waals surface area contributed by atoms with Gasteiger partial charge in [-0.1, -0.05) is 127 Å². The molecule has 4 aliphatic carbocycles. The topological polar surface area (TPSA) is 0 Å². The minimum atomic E-state index is -1.24. The largest absolute Gasteiger partial charge is 0.165 e. The van der Waals surface area contributed by atoms with Crippen molar-refractivity contribution in [3.8, 4) is 0 Å². The summed E-state index contributed by atoms with van der Waals surface area (Å²) in [5.74, 6) is 3.30. The number of hydrogen-bond donors (Lipinski definition) is 0. The molecule has 0 aromatic rings. The molecule has 0 N–H and O–H groups in total. The molecular formula is C30H67SSi8. The van der Waals surface area contributed by atoms with Crippen LogP contribution in [-0.4, -0.2) is 68.4 Å². The van der Waals surface area contributed by atoms with Crippen LogP contribution >= 0.6 is 11.2 Å². The number of rotatable bonds is 12. The first-order valence-electron chi connectivity index (χ1n) is 16.5. The SMILES string of the molecule is CC(C)[Si]([Si]=[Si](SC12CC3CC(CC(C3)C1)C2)[Si](C(C)C)C([Si](C)(C)C)[Si](C)(C)C)C([Si](C)(C)C)[Si](C)(C)C. The molecule has 0 aromatic heterocycles. The van der Waals surface area contributed by atoms with Crippen molar-refractivity contribution in [3.63, 3.8) is 0 Å².